The molecule has 41 heavy (non-hydrogen) atoms. The van der Waals surface area contributed by atoms with Crippen LogP contribution in [0.2, 0.25) is 0 Å². The highest BCUT2D eigenvalue weighted by atomic mass is 28.3. The van der Waals surface area contributed by atoms with Crippen molar-refractivity contribution in [1.82, 2.24) is 0 Å². The van der Waals surface area contributed by atoms with Gasteiger partial charge in [0, 0.05) is 11.3 Å². The normalized spacial score (nSPS) is 13.5. The maximum Gasteiger partial charge on any atom is 0.524 e. The molecule has 0 unspecified atom stereocenters. The zero-order valence-electron chi connectivity index (χ0n) is 23.1. The third-order valence-electron chi connectivity index (χ3n) is 8.30. The van der Waals surface area contributed by atoms with Gasteiger partial charge in [-0.05, 0) is 51.7 Å². The predicted molar refractivity (Wildman–Crippen MR) is 177 cm³/mol. The molecule has 4 heteroatoms. The third kappa shape index (κ3) is 3.94. The quantitative estimate of drug-likeness (QED) is 0.142. The Hall–Kier alpha value is -4.80. The first-order valence-electron chi connectivity index (χ1n) is 14.1. The molecule has 0 aliphatic carbocycles. The molecule has 0 N–H and O–H groups in total. The van der Waals surface area contributed by atoms with Gasteiger partial charge in [-0.1, -0.05) is 145 Å². The van der Waals surface area contributed by atoms with Gasteiger partial charge in [0.05, 0.1) is 5.69 Å². The zero-order valence-corrected chi connectivity index (χ0v) is 24.1. The molecule has 0 bridgehead atoms. The number of para-hydroxylation sites is 1. The summed E-state index contributed by atoms with van der Waals surface area (Å²) in [5.41, 5.74) is 5.93. The number of fused-ring (bicyclic) bond motifs is 8. The molecule has 0 aromatic heterocycles. The van der Waals surface area contributed by atoms with E-state index in [1.165, 1.54) is 37.8 Å². The SMILES string of the molecule is C=C(/C=C\C=C/C)[Si](c1ccccc1)(c1ccccc1)c1ccc2c(c1)N1B(O2)c2ccccc2-c2ccccc21. The van der Waals surface area contributed by atoms with Crippen molar-refractivity contribution < 1.29 is 4.65 Å². The lowest BCUT2D eigenvalue weighted by molar-refractivity contribution is 0.603. The Bertz CT molecular complexity index is 1770. The molecule has 2 aliphatic heterocycles. The number of hydrogen-bond acceptors (Lipinski definition) is 2. The van der Waals surface area contributed by atoms with Gasteiger partial charge in [0.1, 0.15) is 5.75 Å². The standard InChI is InChI=1S/C37H30BNOSi/c1-3-4-7-16-28(2)41(29-17-8-5-9-18-29,30-19-10-6-11-20-30)31-25-26-37-36(27-31)39-35-24-15-13-22-33(35)32-21-12-14-23-34(32)38(39)40-37/h3-27H,2H2,1H3/b4-3-,16-7-. The highest BCUT2D eigenvalue weighted by molar-refractivity contribution is 7.16. The molecule has 0 radical (unpaired) electrons. The Morgan fingerprint density at radius 1 is 0.683 bits per heavy atom. The maximum absolute atomic E-state index is 6.71. The van der Waals surface area contributed by atoms with Crippen LogP contribution in [0.3, 0.4) is 0 Å². The van der Waals surface area contributed by atoms with Crippen molar-refractivity contribution in [2.45, 2.75) is 6.92 Å². The minimum absolute atomic E-state index is 0.200. The summed E-state index contributed by atoms with van der Waals surface area (Å²) in [6, 6.07) is 45.9. The van der Waals surface area contributed by atoms with Crippen molar-refractivity contribution in [3.63, 3.8) is 0 Å². The van der Waals surface area contributed by atoms with E-state index in [9.17, 15) is 0 Å². The van der Waals surface area contributed by atoms with E-state index in [2.05, 4.69) is 157 Å². The number of benzene rings is 5. The van der Waals surface area contributed by atoms with Gasteiger partial charge < -0.3 is 9.47 Å². The number of hydrogen-bond donors (Lipinski definition) is 0. The second-order valence-corrected chi connectivity index (χ2v) is 14.4. The van der Waals surface area contributed by atoms with Gasteiger partial charge in [0.15, 0.2) is 8.07 Å². The summed E-state index contributed by atoms with van der Waals surface area (Å²) < 4.78 is 6.71. The minimum atomic E-state index is -2.74. The minimum Gasteiger partial charge on any atom is -0.536 e. The number of allylic oxidation sites excluding steroid dienone is 5. The van der Waals surface area contributed by atoms with Crippen LogP contribution in [0.4, 0.5) is 11.4 Å². The smallest absolute Gasteiger partial charge is 0.524 e. The third-order valence-corrected chi connectivity index (χ3v) is 13.0. The molecule has 0 saturated heterocycles. The topological polar surface area (TPSA) is 12.5 Å². The largest absolute Gasteiger partial charge is 0.536 e. The van der Waals surface area contributed by atoms with Gasteiger partial charge in [-0.15, -0.1) is 0 Å². The highest BCUT2D eigenvalue weighted by Crippen LogP contribution is 2.46. The first-order chi connectivity index (χ1) is 20.2. The van der Waals surface area contributed by atoms with E-state index in [1.807, 2.05) is 6.92 Å². The molecule has 0 amide bonds. The molecule has 5 aromatic carbocycles. The van der Waals surface area contributed by atoms with Crippen LogP contribution in [-0.2, 0) is 0 Å². The zero-order chi connectivity index (χ0) is 27.8. The van der Waals surface area contributed by atoms with Crippen molar-refractivity contribution in [2.75, 3.05) is 4.81 Å². The van der Waals surface area contributed by atoms with E-state index in [0.29, 0.717) is 0 Å². The summed E-state index contributed by atoms with van der Waals surface area (Å²) in [5.74, 6) is 0.907. The maximum atomic E-state index is 6.71. The summed E-state index contributed by atoms with van der Waals surface area (Å²) in [6.45, 7) is 6.80. The second-order valence-electron chi connectivity index (χ2n) is 10.5. The molecule has 0 fully saturated rings. The number of rotatable bonds is 6. The Balaban J connectivity index is 1.48. The van der Waals surface area contributed by atoms with Crippen molar-refractivity contribution in [2.24, 2.45) is 0 Å². The number of anilines is 2. The fourth-order valence-electron chi connectivity index (χ4n) is 6.51. The van der Waals surface area contributed by atoms with Crippen LogP contribution in [0, 0.1) is 0 Å². The Labute approximate surface area is 243 Å². The summed E-state index contributed by atoms with van der Waals surface area (Å²) in [5, 5.41) is 5.03. The van der Waals surface area contributed by atoms with Crippen LogP contribution < -0.4 is 30.5 Å². The van der Waals surface area contributed by atoms with Crippen LogP contribution in [0.1, 0.15) is 6.92 Å². The van der Waals surface area contributed by atoms with E-state index in [-0.39, 0.29) is 7.05 Å². The summed E-state index contributed by atoms with van der Waals surface area (Å²) in [6.07, 6.45) is 8.44. The Morgan fingerprint density at radius 3 is 2.02 bits per heavy atom. The molecule has 196 valence electrons. The summed E-state index contributed by atoms with van der Waals surface area (Å²) >= 11 is 0. The summed E-state index contributed by atoms with van der Waals surface area (Å²) in [4.78, 5) is 2.38. The molecular formula is C37H30BNOSi. The van der Waals surface area contributed by atoms with Crippen LogP contribution >= 0.6 is 0 Å². The van der Waals surface area contributed by atoms with Crippen LogP contribution in [0.25, 0.3) is 11.1 Å². The molecule has 0 spiro atoms. The van der Waals surface area contributed by atoms with E-state index in [1.54, 1.807) is 0 Å². The van der Waals surface area contributed by atoms with Gasteiger partial charge in [0.2, 0.25) is 0 Å². The van der Waals surface area contributed by atoms with Crippen LogP contribution in [0.15, 0.2) is 163 Å². The first-order valence-corrected chi connectivity index (χ1v) is 16.1. The molecule has 2 aliphatic rings. The molecule has 0 saturated carbocycles. The molecule has 0 atom stereocenters. The fraction of sp³-hybridized carbons (Fsp3) is 0.0270. The summed E-state index contributed by atoms with van der Waals surface area (Å²) in [7, 11) is -2.94. The van der Waals surface area contributed by atoms with Gasteiger partial charge in [-0.25, -0.2) is 0 Å². The van der Waals surface area contributed by atoms with Gasteiger partial charge in [-0.2, -0.15) is 0 Å². The monoisotopic (exact) mass is 543 g/mol. The second kappa shape index (κ2) is 10.3. The first kappa shape index (κ1) is 25.2. The molecule has 7 rings (SSSR count). The predicted octanol–water partition coefficient (Wildman–Crippen LogP) is 6.29. The molecular weight excluding hydrogens is 513 g/mol. The van der Waals surface area contributed by atoms with Crippen molar-refractivity contribution >= 4 is 47.5 Å². The molecule has 2 heterocycles. The van der Waals surface area contributed by atoms with E-state index >= 15 is 0 Å². The van der Waals surface area contributed by atoms with Crippen LogP contribution in [0.5, 0.6) is 5.75 Å². The van der Waals surface area contributed by atoms with Gasteiger partial charge in [0.25, 0.3) is 0 Å². The Kier molecular flexibility index (Phi) is 6.33. The van der Waals surface area contributed by atoms with E-state index in [0.717, 1.165) is 16.6 Å². The lowest BCUT2D eigenvalue weighted by Crippen LogP contribution is -2.68. The van der Waals surface area contributed by atoms with Crippen molar-refractivity contribution in [3.8, 4) is 16.9 Å². The average molecular weight is 544 g/mol. The van der Waals surface area contributed by atoms with E-state index < -0.39 is 8.07 Å². The Morgan fingerprint density at radius 2 is 1.32 bits per heavy atom. The molecule has 2 nitrogen and oxygen atoms in total. The average Bonchev–Trinajstić information content (AvgIpc) is 3.42. The van der Waals surface area contributed by atoms with Crippen molar-refractivity contribution in [1.29, 1.82) is 0 Å². The molecule has 5 aromatic rings. The van der Waals surface area contributed by atoms with E-state index in [4.69, 9.17) is 11.2 Å². The van der Waals surface area contributed by atoms with Crippen molar-refractivity contribution in [3.05, 3.63) is 163 Å². The van der Waals surface area contributed by atoms with Gasteiger partial charge in [-0.3, -0.25) is 0 Å². The van der Waals surface area contributed by atoms with Gasteiger partial charge >= 0.3 is 7.05 Å². The lowest BCUT2D eigenvalue weighted by Gasteiger charge is -2.35. The highest BCUT2D eigenvalue weighted by Gasteiger charge is 2.47. The number of nitrogens with zero attached hydrogens (tertiary/aromatic N) is 1. The lowest BCUT2D eigenvalue weighted by atomic mass is 9.65. The van der Waals surface area contributed by atoms with Crippen LogP contribution in [-0.4, -0.2) is 15.1 Å². The fourth-order valence-corrected chi connectivity index (χ4v) is 11.0.